The summed E-state index contributed by atoms with van der Waals surface area (Å²) in [5, 5.41) is 14.6. The average molecular weight is 538 g/mol. The van der Waals surface area contributed by atoms with Gasteiger partial charge >= 0.3 is 0 Å². The third-order valence-electron chi connectivity index (χ3n) is 6.38. The van der Waals surface area contributed by atoms with Crippen molar-refractivity contribution in [2.24, 2.45) is 0 Å². The second kappa shape index (κ2) is 11.8. The molecule has 0 bridgehead atoms. The van der Waals surface area contributed by atoms with Crippen molar-refractivity contribution in [1.29, 1.82) is 0 Å². The standard InChI is InChI=1S/C30H24ClN5O3/c31-24-12-13-27(36-19-32-34-35-36)23(18-24)11-14-30(39)33-26(16-20-5-2-1-3-6-20)29(38)17-21-9-10-22-7-4-8-28(37)25(22)15-21/h1-7,9-15,18-19,26H,8,16-17H2,(H,33,39)/b14-11+/t26-/m0/s1. The molecule has 1 amide bonds. The van der Waals surface area contributed by atoms with Gasteiger partial charge in [-0.05, 0) is 63.9 Å². The van der Waals surface area contributed by atoms with Crippen LogP contribution in [-0.2, 0) is 22.4 Å². The van der Waals surface area contributed by atoms with Crippen LogP contribution in [0.15, 0.2) is 85.2 Å². The number of nitrogens with zero attached hydrogens (tertiary/aromatic N) is 4. The topological polar surface area (TPSA) is 107 Å². The van der Waals surface area contributed by atoms with Crippen LogP contribution >= 0.6 is 11.6 Å². The highest BCUT2D eigenvalue weighted by atomic mass is 35.5. The molecular formula is C30H24ClN5O3. The number of allylic oxidation sites excluding steroid dienone is 1. The fraction of sp³-hybridized carbons (Fsp3) is 0.133. The van der Waals surface area contributed by atoms with Gasteiger partial charge in [0.2, 0.25) is 5.91 Å². The van der Waals surface area contributed by atoms with Crippen molar-refractivity contribution in [3.05, 3.63) is 118 Å². The highest BCUT2D eigenvalue weighted by molar-refractivity contribution is 6.30. The summed E-state index contributed by atoms with van der Waals surface area (Å²) in [7, 11) is 0. The predicted molar refractivity (Wildman–Crippen MR) is 148 cm³/mol. The highest BCUT2D eigenvalue weighted by Crippen LogP contribution is 2.22. The van der Waals surface area contributed by atoms with Crippen molar-refractivity contribution in [1.82, 2.24) is 25.5 Å². The molecule has 5 rings (SSSR count). The lowest BCUT2D eigenvalue weighted by molar-refractivity contribution is -0.125. The van der Waals surface area contributed by atoms with Crippen molar-refractivity contribution in [2.45, 2.75) is 25.3 Å². The van der Waals surface area contributed by atoms with Gasteiger partial charge < -0.3 is 5.32 Å². The van der Waals surface area contributed by atoms with Gasteiger partial charge in [-0.15, -0.1) is 5.10 Å². The van der Waals surface area contributed by atoms with Crippen molar-refractivity contribution in [2.75, 3.05) is 0 Å². The van der Waals surface area contributed by atoms with E-state index in [9.17, 15) is 14.4 Å². The first-order chi connectivity index (χ1) is 19.0. The van der Waals surface area contributed by atoms with Crippen LogP contribution in [0.3, 0.4) is 0 Å². The van der Waals surface area contributed by atoms with Crippen LogP contribution in [0.4, 0.5) is 0 Å². The number of carbonyl (C=O) groups is 3. The van der Waals surface area contributed by atoms with E-state index in [1.165, 1.54) is 17.1 Å². The maximum atomic E-state index is 13.4. The van der Waals surface area contributed by atoms with E-state index in [4.69, 9.17) is 11.6 Å². The fourth-order valence-electron chi connectivity index (χ4n) is 4.45. The summed E-state index contributed by atoms with van der Waals surface area (Å²) in [5.74, 6) is -0.558. The van der Waals surface area contributed by atoms with Gasteiger partial charge in [-0.25, -0.2) is 0 Å². The van der Waals surface area contributed by atoms with Gasteiger partial charge in [0.1, 0.15) is 6.33 Å². The Morgan fingerprint density at radius 1 is 1.05 bits per heavy atom. The summed E-state index contributed by atoms with van der Waals surface area (Å²) >= 11 is 6.18. The summed E-state index contributed by atoms with van der Waals surface area (Å²) in [4.78, 5) is 38.8. The van der Waals surface area contributed by atoms with Crippen molar-refractivity contribution in [3.63, 3.8) is 0 Å². The number of hydrogen-bond acceptors (Lipinski definition) is 6. The minimum Gasteiger partial charge on any atom is -0.342 e. The number of nitrogens with one attached hydrogen (secondary N) is 1. The molecule has 1 N–H and O–H groups in total. The third kappa shape index (κ3) is 6.42. The molecule has 0 fully saturated rings. The lowest BCUT2D eigenvalue weighted by Gasteiger charge is -2.18. The second-order valence-electron chi connectivity index (χ2n) is 9.14. The number of Topliss-reactive ketones (excluding diaryl/α,β-unsaturated/α-hetero) is 2. The van der Waals surface area contributed by atoms with E-state index < -0.39 is 11.9 Å². The van der Waals surface area contributed by atoms with Gasteiger partial charge in [0.15, 0.2) is 11.6 Å². The minimum absolute atomic E-state index is 0.0307. The number of benzene rings is 3. The quantitative estimate of drug-likeness (QED) is 0.316. The van der Waals surface area contributed by atoms with Crippen LogP contribution in [0.2, 0.25) is 5.02 Å². The molecule has 1 atom stereocenters. The van der Waals surface area contributed by atoms with Gasteiger partial charge in [0.05, 0.1) is 11.7 Å². The number of hydrogen-bond donors (Lipinski definition) is 1. The zero-order chi connectivity index (χ0) is 27.2. The number of aromatic nitrogens is 4. The largest absolute Gasteiger partial charge is 0.342 e. The van der Waals surface area contributed by atoms with Crippen LogP contribution in [0, 0.1) is 0 Å². The van der Waals surface area contributed by atoms with Crippen LogP contribution in [-0.4, -0.2) is 43.7 Å². The Morgan fingerprint density at radius 2 is 1.90 bits per heavy atom. The highest BCUT2D eigenvalue weighted by Gasteiger charge is 2.22. The number of halogens is 1. The molecule has 9 heteroatoms. The van der Waals surface area contributed by atoms with Crippen LogP contribution in [0.5, 0.6) is 0 Å². The number of tetrazole rings is 1. The molecule has 0 aliphatic heterocycles. The van der Waals surface area contributed by atoms with E-state index in [0.29, 0.717) is 34.7 Å². The van der Waals surface area contributed by atoms with E-state index in [-0.39, 0.29) is 18.0 Å². The molecule has 39 heavy (non-hydrogen) atoms. The molecule has 0 saturated heterocycles. The van der Waals surface area contributed by atoms with Crippen molar-refractivity contribution in [3.8, 4) is 5.69 Å². The zero-order valence-corrected chi connectivity index (χ0v) is 21.6. The molecule has 1 aromatic heterocycles. The van der Waals surface area contributed by atoms with E-state index >= 15 is 0 Å². The molecule has 1 aliphatic rings. The van der Waals surface area contributed by atoms with E-state index in [2.05, 4.69) is 20.8 Å². The van der Waals surface area contributed by atoms with Gasteiger partial charge in [-0.3, -0.25) is 14.4 Å². The molecule has 0 saturated carbocycles. The second-order valence-corrected chi connectivity index (χ2v) is 9.57. The number of rotatable bonds is 9. The van der Waals surface area contributed by atoms with E-state index in [0.717, 1.165) is 16.7 Å². The molecule has 1 aliphatic carbocycles. The van der Waals surface area contributed by atoms with E-state index in [1.807, 2.05) is 54.6 Å². The Hall–Kier alpha value is -4.69. The predicted octanol–water partition coefficient (Wildman–Crippen LogP) is 4.47. The Balaban J connectivity index is 1.35. The van der Waals surface area contributed by atoms with Gasteiger partial charge in [0.25, 0.3) is 0 Å². The third-order valence-corrected chi connectivity index (χ3v) is 6.62. The molecule has 0 spiro atoms. The summed E-state index contributed by atoms with van der Waals surface area (Å²) in [6.07, 6.45) is 8.92. The van der Waals surface area contributed by atoms with Gasteiger partial charge in [0, 0.05) is 35.1 Å². The van der Waals surface area contributed by atoms with E-state index in [1.54, 1.807) is 30.3 Å². The maximum absolute atomic E-state index is 13.4. The molecule has 194 valence electrons. The Labute approximate surface area is 230 Å². The molecule has 8 nitrogen and oxygen atoms in total. The lowest BCUT2D eigenvalue weighted by atomic mass is 9.91. The number of ketones is 2. The zero-order valence-electron chi connectivity index (χ0n) is 20.8. The van der Waals surface area contributed by atoms with Crippen molar-refractivity contribution < 1.29 is 14.4 Å². The summed E-state index contributed by atoms with van der Waals surface area (Å²) < 4.78 is 1.47. The van der Waals surface area contributed by atoms with Crippen molar-refractivity contribution >= 4 is 41.2 Å². The smallest absolute Gasteiger partial charge is 0.244 e. The molecule has 0 radical (unpaired) electrons. The first-order valence-corrected chi connectivity index (χ1v) is 12.7. The molecular weight excluding hydrogens is 514 g/mol. The number of amides is 1. The Bertz CT molecular complexity index is 1580. The first-order valence-electron chi connectivity index (χ1n) is 12.4. The molecule has 1 heterocycles. The van der Waals surface area contributed by atoms with Gasteiger partial charge in [-0.2, -0.15) is 4.68 Å². The minimum atomic E-state index is -0.769. The number of fused-ring (bicyclic) bond motifs is 1. The molecule has 4 aromatic rings. The van der Waals surface area contributed by atoms with Crippen LogP contribution < -0.4 is 5.32 Å². The summed E-state index contributed by atoms with van der Waals surface area (Å²) in [6, 6.07) is 19.4. The van der Waals surface area contributed by atoms with Crippen LogP contribution in [0.25, 0.3) is 17.8 Å². The van der Waals surface area contributed by atoms with Gasteiger partial charge in [-0.1, -0.05) is 66.2 Å². The lowest BCUT2D eigenvalue weighted by Crippen LogP contribution is -2.42. The maximum Gasteiger partial charge on any atom is 0.244 e. The number of carbonyl (C=O) groups excluding carboxylic acids is 3. The fourth-order valence-corrected chi connectivity index (χ4v) is 4.63. The normalized spacial score (nSPS) is 13.3. The molecule has 3 aromatic carbocycles. The molecule has 0 unspecified atom stereocenters. The SMILES string of the molecule is O=C(/C=C/c1cc(Cl)ccc1-n1cnnn1)N[C@@H](Cc1ccccc1)C(=O)Cc1ccc2c(c1)C(=O)CC=C2. The Kier molecular flexibility index (Phi) is 7.84. The monoisotopic (exact) mass is 537 g/mol. The van der Waals surface area contributed by atoms with Crippen LogP contribution in [0.1, 0.15) is 39.0 Å². The average Bonchev–Trinajstić information content (AvgIpc) is 3.47. The Morgan fingerprint density at radius 3 is 2.69 bits per heavy atom. The first kappa shape index (κ1) is 25.9. The summed E-state index contributed by atoms with van der Waals surface area (Å²) in [6.45, 7) is 0. The summed E-state index contributed by atoms with van der Waals surface area (Å²) in [5.41, 5.74) is 4.39.